The normalized spacial score (nSPS) is 11.5. The van der Waals surface area contributed by atoms with E-state index < -0.39 is 6.04 Å². The smallest absolute Gasteiger partial charge is 0.261 e. The first kappa shape index (κ1) is 22.0. The van der Waals surface area contributed by atoms with Gasteiger partial charge in [0.25, 0.3) is 5.91 Å². The van der Waals surface area contributed by atoms with Gasteiger partial charge in [0.15, 0.2) is 6.61 Å². The molecular formula is C22H27BrN2O3. The van der Waals surface area contributed by atoms with Crippen molar-refractivity contribution in [2.75, 3.05) is 13.2 Å². The minimum atomic E-state index is -0.595. The second-order valence-electron chi connectivity index (χ2n) is 6.57. The summed E-state index contributed by atoms with van der Waals surface area (Å²) in [4.78, 5) is 27.0. The predicted molar refractivity (Wildman–Crippen MR) is 114 cm³/mol. The number of hydrogen-bond acceptors (Lipinski definition) is 3. The molecule has 2 aromatic rings. The summed E-state index contributed by atoms with van der Waals surface area (Å²) in [5.74, 6) is 0.233. The Labute approximate surface area is 175 Å². The lowest BCUT2D eigenvalue weighted by atomic mass is 10.1. The SMILES string of the molecule is CCCCNC(=O)[C@H](C)N(Cc1cccc(Br)c1)C(=O)COc1ccccc1. The number of nitrogens with one attached hydrogen (secondary N) is 1. The van der Waals surface area contributed by atoms with Crippen molar-refractivity contribution in [3.05, 3.63) is 64.6 Å². The molecule has 2 rings (SSSR count). The number of hydrogen-bond donors (Lipinski definition) is 1. The second kappa shape index (κ2) is 11.5. The molecule has 0 unspecified atom stereocenters. The molecular weight excluding hydrogens is 420 g/mol. The Morgan fingerprint density at radius 2 is 1.89 bits per heavy atom. The summed E-state index contributed by atoms with van der Waals surface area (Å²) in [6, 6.07) is 16.3. The summed E-state index contributed by atoms with van der Waals surface area (Å²) >= 11 is 3.45. The number of benzene rings is 2. The van der Waals surface area contributed by atoms with Crippen LogP contribution in [0.15, 0.2) is 59.1 Å². The van der Waals surface area contributed by atoms with Crippen LogP contribution in [-0.2, 0) is 16.1 Å². The summed E-state index contributed by atoms with van der Waals surface area (Å²) in [6.07, 6.45) is 1.91. The molecule has 1 atom stereocenters. The number of para-hydroxylation sites is 1. The van der Waals surface area contributed by atoms with Gasteiger partial charge >= 0.3 is 0 Å². The molecule has 0 aliphatic heterocycles. The zero-order chi connectivity index (χ0) is 20.4. The minimum Gasteiger partial charge on any atom is -0.484 e. The third-order valence-corrected chi connectivity index (χ3v) is 4.84. The summed E-state index contributed by atoms with van der Waals surface area (Å²) in [7, 11) is 0. The fourth-order valence-corrected chi connectivity index (χ4v) is 3.14. The van der Waals surface area contributed by atoms with Gasteiger partial charge in [-0.2, -0.15) is 0 Å². The standard InChI is InChI=1S/C22H27BrN2O3/c1-3-4-13-24-22(27)17(2)25(15-18-9-8-10-19(23)14-18)21(26)16-28-20-11-6-5-7-12-20/h5-12,14,17H,3-4,13,15-16H2,1-2H3,(H,24,27)/t17-/m0/s1. The first-order chi connectivity index (χ1) is 13.5. The van der Waals surface area contributed by atoms with Gasteiger partial charge < -0.3 is 15.0 Å². The van der Waals surface area contributed by atoms with Gasteiger partial charge in [-0.3, -0.25) is 9.59 Å². The van der Waals surface area contributed by atoms with E-state index in [1.807, 2.05) is 42.5 Å². The lowest BCUT2D eigenvalue weighted by molar-refractivity contribution is -0.142. The van der Waals surface area contributed by atoms with Crippen LogP contribution in [0.25, 0.3) is 0 Å². The Morgan fingerprint density at radius 1 is 1.14 bits per heavy atom. The molecule has 0 aliphatic rings. The molecule has 0 fully saturated rings. The van der Waals surface area contributed by atoms with Gasteiger partial charge in [-0.15, -0.1) is 0 Å². The van der Waals surface area contributed by atoms with Crippen LogP contribution < -0.4 is 10.1 Å². The van der Waals surface area contributed by atoms with E-state index in [0.717, 1.165) is 22.9 Å². The van der Waals surface area contributed by atoms with E-state index in [1.165, 1.54) is 0 Å². The Morgan fingerprint density at radius 3 is 2.57 bits per heavy atom. The van der Waals surface area contributed by atoms with E-state index >= 15 is 0 Å². The summed E-state index contributed by atoms with van der Waals surface area (Å²) in [5, 5.41) is 2.91. The van der Waals surface area contributed by atoms with Crippen LogP contribution in [0.1, 0.15) is 32.3 Å². The summed E-state index contributed by atoms with van der Waals surface area (Å²) in [6.45, 7) is 4.64. The van der Waals surface area contributed by atoms with E-state index in [1.54, 1.807) is 24.0 Å². The quantitative estimate of drug-likeness (QED) is 0.557. The van der Waals surface area contributed by atoms with E-state index in [2.05, 4.69) is 28.2 Å². The fraction of sp³-hybridized carbons (Fsp3) is 0.364. The third kappa shape index (κ3) is 7.00. The van der Waals surface area contributed by atoms with Gasteiger partial charge in [0.05, 0.1) is 0 Å². The van der Waals surface area contributed by atoms with Crippen LogP contribution in [0.4, 0.5) is 0 Å². The first-order valence-electron chi connectivity index (χ1n) is 9.50. The molecule has 0 aliphatic carbocycles. The number of unbranched alkanes of at least 4 members (excludes halogenated alkanes) is 1. The number of carbonyl (C=O) groups excluding carboxylic acids is 2. The van der Waals surface area contributed by atoms with Crippen molar-refractivity contribution in [3.63, 3.8) is 0 Å². The number of halogens is 1. The molecule has 6 heteroatoms. The molecule has 0 radical (unpaired) electrons. The topological polar surface area (TPSA) is 58.6 Å². The molecule has 0 saturated heterocycles. The molecule has 2 amide bonds. The van der Waals surface area contributed by atoms with Crippen molar-refractivity contribution < 1.29 is 14.3 Å². The highest BCUT2D eigenvalue weighted by atomic mass is 79.9. The van der Waals surface area contributed by atoms with Crippen LogP contribution in [-0.4, -0.2) is 35.9 Å². The average Bonchev–Trinajstić information content (AvgIpc) is 2.70. The van der Waals surface area contributed by atoms with Crippen LogP contribution in [0.5, 0.6) is 5.75 Å². The summed E-state index contributed by atoms with van der Waals surface area (Å²) in [5.41, 5.74) is 0.940. The molecule has 0 aromatic heterocycles. The maximum Gasteiger partial charge on any atom is 0.261 e. The maximum absolute atomic E-state index is 12.9. The number of nitrogens with zero attached hydrogens (tertiary/aromatic N) is 1. The lowest BCUT2D eigenvalue weighted by Gasteiger charge is -2.28. The molecule has 28 heavy (non-hydrogen) atoms. The van der Waals surface area contributed by atoms with Gasteiger partial charge in [-0.05, 0) is 43.2 Å². The number of ether oxygens (including phenoxy) is 1. The second-order valence-corrected chi connectivity index (χ2v) is 7.49. The molecule has 1 N–H and O–H groups in total. The zero-order valence-corrected chi connectivity index (χ0v) is 17.9. The monoisotopic (exact) mass is 446 g/mol. The summed E-state index contributed by atoms with van der Waals surface area (Å²) < 4.78 is 6.54. The fourth-order valence-electron chi connectivity index (χ4n) is 2.70. The number of amides is 2. The van der Waals surface area contributed by atoms with Crippen LogP contribution in [0, 0.1) is 0 Å². The highest BCUT2D eigenvalue weighted by Gasteiger charge is 2.26. The lowest BCUT2D eigenvalue weighted by Crippen LogP contribution is -2.49. The van der Waals surface area contributed by atoms with Gasteiger partial charge in [0.1, 0.15) is 11.8 Å². The Bertz CT molecular complexity index is 767. The third-order valence-electron chi connectivity index (χ3n) is 4.34. The molecule has 2 aromatic carbocycles. The van der Waals surface area contributed by atoms with E-state index in [4.69, 9.17) is 4.74 Å². The molecule has 0 spiro atoms. The van der Waals surface area contributed by atoms with Crippen LogP contribution in [0.2, 0.25) is 0 Å². The van der Waals surface area contributed by atoms with Crippen LogP contribution >= 0.6 is 15.9 Å². The van der Waals surface area contributed by atoms with Crippen molar-refractivity contribution in [2.24, 2.45) is 0 Å². The number of carbonyl (C=O) groups is 2. The molecule has 0 saturated carbocycles. The molecule has 0 bridgehead atoms. The number of rotatable bonds is 10. The van der Waals surface area contributed by atoms with E-state index in [0.29, 0.717) is 18.8 Å². The highest BCUT2D eigenvalue weighted by Crippen LogP contribution is 2.16. The van der Waals surface area contributed by atoms with Crippen LogP contribution in [0.3, 0.4) is 0 Å². The molecule has 150 valence electrons. The van der Waals surface area contributed by atoms with Gasteiger partial charge in [-0.25, -0.2) is 0 Å². The van der Waals surface area contributed by atoms with Gasteiger partial charge in [-0.1, -0.05) is 59.6 Å². The molecule has 0 heterocycles. The van der Waals surface area contributed by atoms with Crippen molar-refractivity contribution >= 4 is 27.7 Å². The van der Waals surface area contributed by atoms with E-state index in [9.17, 15) is 9.59 Å². The van der Waals surface area contributed by atoms with Gasteiger partial charge in [0, 0.05) is 17.6 Å². The predicted octanol–water partition coefficient (Wildman–Crippen LogP) is 4.16. The minimum absolute atomic E-state index is 0.120. The Kier molecular flexibility index (Phi) is 9.01. The van der Waals surface area contributed by atoms with Crippen molar-refractivity contribution in [1.29, 1.82) is 0 Å². The van der Waals surface area contributed by atoms with Crippen molar-refractivity contribution in [3.8, 4) is 5.75 Å². The average molecular weight is 447 g/mol. The first-order valence-corrected chi connectivity index (χ1v) is 10.3. The maximum atomic E-state index is 12.9. The van der Waals surface area contributed by atoms with Crippen molar-refractivity contribution in [2.45, 2.75) is 39.3 Å². The zero-order valence-electron chi connectivity index (χ0n) is 16.4. The Balaban J connectivity index is 2.09. The Hall–Kier alpha value is -2.34. The van der Waals surface area contributed by atoms with Gasteiger partial charge in [0.2, 0.25) is 5.91 Å². The highest BCUT2D eigenvalue weighted by molar-refractivity contribution is 9.10. The largest absolute Gasteiger partial charge is 0.484 e. The van der Waals surface area contributed by atoms with Crippen molar-refractivity contribution in [1.82, 2.24) is 10.2 Å². The van der Waals surface area contributed by atoms with E-state index in [-0.39, 0.29) is 18.4 Å². The molecule has 5 nitrogen and oxygen atoms in total.